The fourth-order valence-electron chi connectivity index (χ4n) is 2.87. The number of aryl methyl sites for hydroxylation is 1. The third kappa shape index (κ3) is 3.05. The Hall–Kier alpha value is -1.36. The van der Waals surface area contributed by atoms with E-state index in [2.05, 4.69) is 0 Å². The molecule has 0 aliphatic carbocycles. The van der Waals surface area contributed by atoms with Crippen molar-refractivity contribution in [2.24, 2.45) is 11.7 Å². The van der Waals surface area contributed by atoms with Gasteiger partial charge in [0.2, 0.25) is 0 Å². The Bertz CT molecular complexity index is 698. The van der Waals surface area contributed by atoms with Crippen LogP contribution in [0.2, 0.25) is 5.02 Å². The van der Waals surface area contributed by atoms with Crippen LogP contribution in [0.5, 0.6) is 0 Å². The topological polar surface area (TPSA) is 46.3 Å². The van der Waals surface area contributed by atoms with Crippen molar-refractivity contribution in [2.75, 3.05) is 19.6 Å². The number of hydrogen-bond donors (Lipinski definition) is 1. The van der Waals surface area contributed by atoms with Crippen LogP contribution in [-0.4, -0.2) is 30.4 Å². The van der Waals surface area contributed by atoms with Gasteiger partial charge >= 0.3 is 0 Å². The Labute approximate surface area is 139 Å². The summed E-state index contributed by atoms with van der Waals surface area (Å²) < 4.78 is 0. The standard InChI is InChI=1S/C17H19ClN2OS/c1-11-7-15(17(21)20-6-5-12(9-19)10-20)22-16(11)13-3-2-4-14(18)8-13/h2-4,7-8,12H,5-6,9-10,19H2,1H3/t12-/m1/s1. The van der Waals surface area contributed by atoms with Gasteiger partial charge in [0.1, 0.15) is 0 Å². The second kappa shape index (κ2) is 6.41. The molecule has 1 aromatic heterocycles. The summed E-state index contributed by atoms with van der Waals surface area (Å²) in [5, 5.41) is 0.712. The van der Waals surface area contributed by atoms with E-state index in [0.29, 0.717) is 17.5 Å². The Morgan fingerprint density at radius 2 is 2.27 bits per heavy atom. The summed E-state index contributed by atoms with van der Waals surface area (Å²) in [6.45, 7) is 4.28. The highest BCUT2D eigenvalue weighted by Crippen LogP contribution is 2.34. The van der Waals surface area contributed by atoms with Crippen LogP contribution in [0, 0.1) is 12.8 Å². The molecule has 0 bridgehead atoms. The molecule has 3 rings (SSSR count). The fraction of sp³-hybridized carbons (Fsp3) is 0.353. The largest absolute Gasteiger partial charge is 0.338 e. The van der Waals surface area contributed by atoms with E-state index in [-0.39, 0.29) is 5.91 Å². The molecular formula is C17H19ClN2OS. The van der Waals surface area contributed by atoms with Crippen molar-refractivity contribution in [3.05, 3.63) is 45.8 Å². The molecule has 2 heterocycles. The maximum absolute atomic E-state index is 12.6. The van der Waals surface area contributed by atoms with Gasteiger partial charge in [0.25, 0.3) is 5.91 Å². The second-order valence-electron chi connectivity index (χ2n) is 5.77. The number of nitrogens with two attached hydrogens (primary N) is 1. The first-order chi connectivity index (χ1) is 10.6. The smallest absolute Gasteiger partial charge is 0.263 e. The molecule has 22 heavy (non-hydrogen) atoms. The number of hydrogen-bond acceptors (Lipinski definition) is 3. The first-order valence-electron chi connectivity index (χ1n) is 7.44. The molecule has 2 N–H and O–H groups in total. The van der Waals surface area contributed by atoms with Crippen molar-refractivity contribution in [2.45, 2.75) is 13.3 Å². The lowest BCUT2D eigenvalue weighted by Gasteiger charge is -2.14. The second-order valence-corrected chi connectivity index (χ2v) is 7.26. The first-order valence-corrected chi connectivity index (χ1v) is 8.63. The lowest BCUT2D eigenvalue weighted by molar-refractivity contribution is 0.0792. The van der Waals surface area contributed by atoms with Gasteiger partial charge in [0.15, 0.2) is 0 Å². The number of carbonyl (C=O) groups excluding carboxylic acids is 1. The highest BCUT2D eigenvalue weighted by molar-refractivity contribution is 7.17. The van der Waals surface area contributed by atoms with Gasteiger partial charge in [-0.1, -0.05) is 23.7 Å². The summed E-state index contributed by atoms with van der Waals surface area (Å²) in [6.07, 6.45) is 1.01. The van der Waals surface area contributed by atoms with Gasteiger partial charge in [0.05, 0.1) is 4.88 Å². The van der Waals surface area contributed by atoms with Gasteiger partial charge in [-0.05, 0) is 55.1 Å². The van der Waals surface area contributed by atoms with Crippen LogP contribution < -0.4 is 5.73 Å². The summed E-state index contributed by atoms with van der Waals surface area (Å²) in [5.74, 6) is 0.565. The Kier molecular flexibility index (Phi) is 4.52. The summed E-state index contributed by atoms with van der Waals surface area (Å²) in [5.41, 5.74) is 7.89. The molecule has 1 fully saturated rings. The minimum Gasteiger partial charge on any atom is -0.338 e. The number of likely N-dealkylation sites (tertiary alicyclic amines) is 1. The minimum atomic E-state index is 0.123. The summed E-state index contributed by atoms with van der Waals surface area (Å²) in [7, 11) is 0. The van der Waals surface area contributed by atoms with Crippen LogP contribution in [0.15, 0.2) is 30.3 Å². The minimum absolute atomic E-state index is 0.123. The van der Waals surface area contributed by atoms with Crippen molar-refractivity contribution in [1.82, 2.24) is 4.90 Å². The zero-order valence-corrected chi connectivity index (χ0v) is 14.1. The third-order valence-corrected chi connectivity index (χ3v) is 5.63. The summed E-state index contributed by atoms with van der Waals surface area (Å²) in [4.78, 5) is 16.5. The van der Waals surface area contributed by atoms with Gasteiger partial charge in [-0.2, -0.15) is 0 Å². The van der Waals surface area contributed by atoms with Crippen LogP contribution in [0.4, 0.5) is 0 Å². The molecule has 0 unspecified atom stereocenters. The predicted molar refractivity (Wildman–Crippen MR) is 92.6 cm³/mol. The van der Waals surface area contributed by atoms with E-state index in [4.69, 9.17) is 17.3 Å². The summed E-state index contributed by atoms with van der Waals surface area (Å²) in [6, 6.07) is 9.75. The van der Waals surface area contributed by atoms with E-state index in [9.17, 15) is 4.79 Å². The first kappa shape index (κ1) is 15.5. The lowest BCUT2D eigenvalue weighted by Crippen LogP contribution is -2.29. The molecule has 1 atom stereocenters. The van der Waals surface area contributed by atoms with Gasteiger partial charge in [-0.15, -0.1) is 11.3 Å². The van der Waals surface area contributed by atoms with E-state index in [1.54, 1.807) is 11.3 Å². The van der Waals surface area contributed by atoms with Crippen molar-refractivity contribution >= 4 is 28.8 Å². The number of rotatable bonds is 3. The van der Waals surface area contributed by atoms with Crippen LogP contribution in [0.25, 0.3) is 10.4 Å². The van der Waals surface area contributed by atoms with Crippen LogP contribution >= 0.6 is 22.9 Å². The fourth-order valence-corrected chi connectivity index (χ4v) is 4.20. The Morgan fingerprint density at radius 3 is 2.95 bits per heavy atom. The number of amides is 1. The third-order valence-electron chi connectivity index (χ3n) is 4.12. The Balaban J connectivity index is 1.85. The molecular weight excluding hydrogens is 316 g/mol. The number of carbonyl (C=O) groups is 1. The maximum Gasteiger partial charge on any atom is 0.263 e. The predicted octanol–water partition coefficient (Wildman–Crippen LogP) is 3.80. The van der Waals surface area contributed by atoms with E-state index in [1.165, 1.54) is 0 Å². The molecule has 2 aromatic rings. The zero-order valence-electron chi connectivity index (χ0n) is 12.5. The van der Waals surface area contributed by atoms with Crippen molar-refractivity contribution < 1.29 is 4.79 Å². The van der Waals surface area contributed by atoms with Crippen LogP contribution in [0.1, 0.15) is 21.7 Å². The maximum atomic E-state index is 12.6. The van der Waals surface area contributed by atoms with Crippen LogP contribution in [0.3, 0.4) is 0 Å². The molecule has 116 valence electrons. The normalized spacial score (nSPS) is 18.0. The van der Waals surface area contributed by atoms with Gasteiger partial charge < -0.3 is 10.6 Å². The molecule has 1 amide bonds. The van der Waals surface area contributed by atoms with Gasteiger partial charge in [-0.3, -0.25) is 4.79 Å². The van der Waals surface area contributed by atoms with Gasteiger partial charge in [-0.25, -0.2) is 0 Å². The molecule has 5 heteroatoms. The molecule has 3 nitrogen and oxygen atoms in total. The molecule has 0 saturated carbocycles. The van der Waals surface area contributed by atoms with Gasteiger partial charge in [0, 0.05) is 23.0 Å². The number of thiophene rings is 1. The highest BCUT2D eigenvalue weighted by Gasteiger charge is 2.27. The van der Waals surface area contributed by atoms with E-state index in [0.717, 1.165) is 40.4 Å². The molecule has 1 saturated heterocycles. The summed E-state index contributed by atoms with van der Waals surface area (Å²) >= 11 is 7.61. The highest BCUT2D eigenvalue weighted by atomic mass is 35.5. The molecule has 1 aliphatic rings. The molecule has 0 spiro atoms. The quantitative estimate of drug-likeness (QED) is 0.928. The van der Waals surface area contributed by atoms with Crippen molar-refractivity contribution in [3.8, 4) is 10.4 Å². The Morgan fingerprint density at radius 1 is 1.45 bits per heavy atom. The van der Waals surface area contributed by atoms with Crippen molar-refractivity contribution in [3.63, 3.8) is 0 Å². The van der Waals surface area contributed by atoms with Crippen molar-refractivity contribution in [1.29, 1.82) is 0 Å². The van der Waals surface area contributed by atoms with E-state index in [1.807, 2.05) is 42.2 Å². The van der Waals surface area contributed by atoms with Crippen LogP contribution in [-0.2, 0) is 0 Å². The average molecular weight is 335 g/mol. The average Bonchev–Trinajstić information content (AvgIpc) is 3.13. The molecule has 0 radical (unpaired) electrons. The van der Waals surface area contributed by atoms with E-state index >= 15 is 0 Å². The monoisotopic (exact) mass is 334 g/mol. The number of nitrogens with zero attached hydrogens (tertiary/aromatic N) is 1. The molecule has 1 aliphatic heterocycles. The number of halogens is 1. The molecule has 1 aromatic carbocycles. The lowest BCUT2D eigenvalue weighted by atomic mass is 10.1. The zero-order chi connectivity index (χ0) is 15.7. The number of benzene rings is 1. The SMILES string of the molecule is Cc1cc(C(=O)N2CC[C@H](CN)C2)sc1-c1cccc(Cl)c1. The van der Waals surface area contributed by atoms with E-state index < -0.39 is 0 Å².